The quantitative estimate of drug-likeness (QED) is 0.134. The van der Waals surface area contributed by atoms with E-state index in [2.05, 4.69) is 15.5 Å². The minimum atomic E-state index is -3.51. The zero-order chi connectivity index (χ0) is 29.2. The van der Waals surface area contributed by atoms with Gasteiger partial charge in [-0.2, -0.15) is 5.10 Å². The van der Waals surface area contributed by atoms with Crippen molar-refractivity contribution in [3.8, 4) is 11.5 Å². The lowest BCUT2D eigenvalue weighted by Gasteiger charge is -2.11. The zero-order valence-electron chi connectivity index (χ0n) is 22.4. The summed E-state index contributed by atoms with van der Waals surface area (Å²) in [5, 5.41) is 5.87. The fraction of sp³-hybridized carbons (Fsp3) is 0.129. The van der Waals surface area contributed by atoms with Crippen molar-refractivity contribution in [1.82, 2.24) is 10.4 Å². The molecule has 0 unspecified atom stereocenters. The molecule has 0 aliphatic heterocycles. The van der Waals surface area contributed by atoms with Crippen molar-refractivity contribution in [3.63, 3.8) is 0 Å². The van der Waals surface area contributed by atoms with Crippen LogP contribution in [-0.2, 0) is 34.6 Å². The van der Waals surface area contributed by atoms with Crippen LogP contribution < -0.4 is 14.9 Å². The molecule has 11 heteroatoms. The Balaban J connectivity index is 1.23. The molecule has 0 aliphatic rings. The fourth-order valence-electron chi connectivity index (χ4n) is 3.87. The van der Waals surface area contributed by atoms with Crippen LogP contribution in [0.5, 0.6) is 11.5 Å². The third-order valence-corrected chi connectivity index (χ3v) is 8.32. The van der Waals surface area contributed by atoms with Gasteiger partial charge in [0, 0.05) is 17.0 Å². The third kappa shape index (κ3) is 8.63. The van der Waals surface area contributed by atoms with Crippen LogP contribution in [0.1, 0.15) is 37.9 Å². The predicted molar refractivity (Wildman–Crippen MR) is 160 cm³/mol. The first-order valence-electron chi connectivity index (χ1n) is 12.9. The minimum Gasteiger partial charge on any atom is -0.489 e. The number of hydrogen-bond donors (Lipinski definition) is 1. The van der Waals surface area contributed by atoms with Gasteiger partial charge in [0.2, 0.25) is 0 Å². The summed E-state index contributed by atoms with van der Waals surface area (Å²) in [6.45, 7) is 0.749. The van der Waals surface area contributed by atoms with Crippen LogP contribution >= 0.6 is 11.3 Å². The number of benzene rings is 3. The number of hydrogen-bond acceptors (Lipinski definition) is 9. The molecule has 0 atom stereocenters. The average Bonchev–Trinajstić information content (AvgIpc) is 3.68. The van der Waals surface area contributed by atoms with Crippen molar-refractivity contribution in [2.75, 3.05) is 0 Å². The molecule has 5 aromatic rings. The molecule has 0 fully saturated rings. The van der Waals surface area contributed by atoms with Gasteiger partial charge in [0.25, 0.3) is 5.91 Å². The maximum Gasteiger partial charge on any atom is 0.290 e. The van der Waals surface area contributed by atoms with Crippen LogP contribution in [0.25, 0.3) is 0 Å². The highest BCUT2D eigenvalue weighted by molar-refractivity contribution is 7.89. The maximum atomic E-state index is 12.6. The molecule has 0 spiro atoms. The monoisotopic (exact) mass is 601 g/mol. The largest absolute Gasteiger partial charge is 0.489 e. The predicted octanol–water partition coefficient (Wildman–Crippen LogP) is 5.77. The van der Waals surface area contributed by atoms with E-state index in [-0.39, 0.29) is 17.2 Å². The van der Waals surface area contributed by atoms with Gasteiger partial charge in [0.15, 0.2) is 9.84 Å². The molecule has 0 aliphatic carbocycles. The van der Waals surface area contributed by atoms with Crippen LogP contribution in [0.4, 0.5) is 0 Å². The van der Waals surface area contributed by atoms with Gasteiger partial charge in [0.05, 0.1) is 12.5 Å². The van der Waals surface area contributed by atoms with Gasteiger partial charge >= 0.3 is 0 Å². The molecule has 1 amide bonds. The molecule has 214 valence electrons. The highest BCUT2D eigenvalue weighted by atomic mass is 32.2. The topological polar surface area (TPSA) is 120 Å². The molecule has 5 rings (SSSR count). The lowest BCUT2D eigenvalue weighted by Crippen LogP contribution is -2.18. The van der Waals surface area contributed by atoms with E-state index in [4.69, 9.17) is 13.9 Å². The number of nitrogens with one attached hydrogen (secondary N) is 1. The number of aromatic nitrogens is 1. The van der Waals surface area contributed by atoms with E-state index < -0.39 is 15.7 Å². The lowest BCUT2D eigenvalue weighted by molar-refractivity contribution is 0.0950. The molecule has 0 saturated heterocycles. The summed E-state index contributed by atoms with van der Waals surface area (Å²) in [4.78, 5) is 16.8. The zero-order valence-corrected chi connectivity index (χ0v) is 24.0. The summed E-state index contributed by atoms with van der Waals surface area (Å²) in [6.07, 6.45) is 2.90. The Labute approximate surface area is 247 Å². The summed E-state index contributed by atoms with van der Waals surface area (Å²) in [5.41, 5.74) is 5.21. The Morgan fingerprint density at radius 1 is 0.881 bits per heavy atom. The van der Waals surface area contributed by atoms with Crippen molar-refractivity contribution in [3.05, 3.63) is 136 Å². The summed E-state index contributed by atoms with van der Waals surface area (Å²) >= 11 is 1.09. The molecule has 0 radical (unpaired) electrons. The van der Waals surface area contributed by atoms with Crippen LogP contribution in [0.15, 0.2) is 112 Å². The van der Waals surface area contributed by atoms with Crippen molar-refractivity contribution >= 4 is 33.3 Å². The SMILES string of the molecule is O=C(NN=Cc1cc(OCc2ccccc2)cc(OCc2ccccc2)c1)c1csc(CS(=O)(=O)Cc2ccco2)n1. The van der Waals surface area contributed by atoms with Crippen LogP contribution in [0.2, 0.25) is 0 Å². The van der Waals surface area contributed by atoms with Crippen LogP contribution in [0.3, 0.4) is 0 Å². The molecular weight excluding hydrogens is 574 g/mol. The van der Waals surface area contributed by atoms with Crippen molar-refractivity contribution in [2.24, 2.45) is 5.10 Å². The molecule has 9 nitrogen and oxygen atoms in total. The van der Waals surface area contributed by atoms with E-state index in [1.54, 1.807) is 30.3 Å². The summed E-state index contributed by atoms with van der Waals surface area (Å²) in [5.74, 6) is 0.415. The standard InChI is InChI=1S/C31H27N3O6S2/c35-31(29-20-41-30(33-29)22-42(36,37)21-26-12-7-13-38-26)34-32-17-25-14-27(39-18-23-8-3-1-4-9-23)16-28(15-25)40-19-24-10-5-2-6-11-24/h1-17,20H,18-19,21-22H2,(H,34,35). The minimum absolute atomic E-state index is 0.0761. The number of nitrogens with zero attached hydrogens (tertiary/aromatic N) is 2. The molecule has 2 aromatic heterocycles. The second kappa shape index (κ2) is 13.7. The number of amides is 1. The normalized spacial score (nSPS) is 11.4. The number of carbonyl (C=O) groups excluding carboxylic acids is 1. The van der Waals surface area contributed by atoms with E-state index in [0.29, 0.717) is 41.0 Å². The van der Waals surface area contributed by atoms with Crippen molar-refractivity contribution in [2.45, 2.75) is 24.7 Å². The van der Waals surface area contributed by atoms with Gasteiger partial charge < -0.3 is 13.9 Å². The Morgan fingerprint density at radius 2 is 1.52 bits per heavy atom. The molecule has 1 N–H and O–H groups in total. The van der Waals surface area contributed by atoms with Gasteiger partial charge in [-0.1, -0.05) is 60.7 Å². The van der Waals surface area contributed by atoms with Crippen LogP contribution in [-0.4, -0.2) is 25.5 Å². The van der Waals surface area contributed by atoms with E-state index in [1.807, 2.05) is 60.7 Å². The number of sulfone groups is 1. The number of furan rings is 1. The van der Waals surface area contributed by atoms with Gasteiger partial charge in [0.1, 0.15) is 52.7 Å². The van der Waals surface area contributed by atoms with E-state index in [0.717, 1.165) is 22.5 Å². The fourth-order valence-corrected chi connectivity index (χ4v) is 6.38. The summed E-state index contributed by atoms with van der Waals surface area (Å²) in [6, 6.07) is 28.2. The van der Waals surface area contributed by atoms with E-state index in [9.17, 15) is 13.2 Å². The summed E-state index contributed by atoms with van der Waals surface area (Å²) < 4.78 is 42.0. The Hall–Kier alpha value is -4.74. The number of hydrazone groups is 1. The first kappa shape index (κ1) is 28.8. The third-order valence-electron chi connectivity index (χ3n) is 5.85. The Bertz CT molecular complexity index is 1670. The number of ether oxygens (including phenoxy) is 2. The van der Waals surface area contributed by atoms with E-state index >= 15 is 0 Å². The highest BCUT2D eigenvalue weighted by Gasteiger charge is 2.19. The second-order valence-electron chi connectivity index (χ2n) is 9.22. The molecule has 3 aromatic carbocycles. The second-order valence-corrected chi connectivity index (χ2v) is 12.2. The van der Waals surface area contributed by atoms with Gasteiger partial charge in [-0.25, -0.2) is 18.8 Å². The van der Waals surface area contributed by atoms with Gasteiger partial charge in [-0.05, 0) is 35.4 Å². The number of rotatable bonds is 13. The van der Waals surface area contributed by atoms with Gasteiger partial charge in [-0.15, -0.1) is 11.3 Å². The van der Waals surface area contributed by atoms with Crippen molar-refractivity contribution in [1.29, 1.82) is 0 Å². The van der Waals surface area contributed by atoms with Crippen molar-refractivity contribution < 1.29 is 27.1 Å². The lowest BCUT2D eigenvalue weighted by atomic mass is 10.2. The average molecular weight is 602 g/mol. The molecule has 0 bridgehead atoms. The smallest absolute Gasteiger partial charge is 0.290 e. The maximum absolute atomic E-state index is 12.6. The molecule has 0 saturated carbocycles. The number of thiazole rings is 1. The van der Waals surface area contributed by atoms with Crippen LogP contribution in [0, 0.1) is 0 Å². The highest BCUT2D eigenvalue weighted by Crippen LogP contribution is 2.24. The van der Waals surface area contributed by atoms with Gasteiger partial charge in [-0.3, -0.25) is 4.79 Å². The molecule has 42 heavy (non-hydrogen) atoms. The number of carbonyl (C=O) groups is 1. The Morgan fingerprint density at radius 3 is 2.12 bits per heavy atom. The first-order valence-corrected chi connectivity index (χ1v) is 15.6. The Kier molecular flexibility index (Phi) is 9.42. The van der Waals surface area contributed by atoms with E-state index in [1.165, 1.54) is 17.9 Å². The molecule has 2 heterocycles. The molecular formula is C31H27N3O6S2. The summed E-state index contributed by atoms with van der Waals surface area (Å²) in [7, 11) is -3.51. The first-order chi connectivity index (χ1) is 20.4.